The molecule has 0 saturated heterocycles. The highest BCUT2D eigenvalue weighted by atomic mass is 79.9. The zero-order chi connectivity index (χ0) is 13.2. The van der Waals surface area contributed by atoms with E-state index in [1.54, 1.807) is 0 Å². The van der Waals surface area contributed by atoms with Gasteiger partial charge in [-0.2, -0.15) is 0 Å². The molecule has 0 amide bonds. The van der Waals surface area contributed by atoms with Crippen LogP contribution in [-0.2, 0) is 0 Å². The minimum Gasteiger partial charge on any atom is -0.281 e. The summed E-state index contributed by atoms with van der Waals surface area (Å²) in [4.78, 5) is 4.91. The van der Waals surface area contributed by atoms with E-state index in [0.717, 1.165) is 17.3 Å². The van der Waals surface area contributed by atoms with Crippen molar-refractivity contribution in [1.29, 1.82) is 0 Å². The molecule has 0 bridgehead atoms. The van der Waals surface area contributed by atoms with Gasteiger partial charge in [0, 0.05) is 15.7 Å². The van der Waals surface area contributed by atoms with Crippen LogP contribution in [0.1, 0.15) is 35.6 Å². The molecule has 3 rings (SSSR count). The molecule has 1 nitrogen and oxygen atoms in total. The summed E-state index contributed by atoms with van der Waals surface area (Å²) >= 11 is 3.61. The fraction of sp³-hybridized carbons (Fsp3) is 0.235. The van der Waals surface area contributed by atoms with Crippen LogP contribution in [0.3, 0.4) is 0 Å². The Bertz CT molecular complexity index is 613. The Morgan fingerprint density at radius 3 is 2.53 bits per heavy atom. The van der Waals surface area contributed by atoms with E-state index in [4.69, 9.17) is 4.99 Å². The van der Waals surface area contributed by atoms with Crippen molar-refractivity contribution in [3.05, 3.63) is 69.7 Å². The molecule has 2 aromatic rings. The standard InChI is InChI=1S/C17H16BrN/c1-12-6-8-13(9-7-12)16-10-11-17(19-16)14-4-2-3-5-15(14)18/h2-9,16H,10-11H2,1H3. The molecule has 0 saturated carbocycles. The second-order valence-corrected chi connectivity index (χ2v) is 5.88. The maximum Gasteiger partial charge on any atom is 0.0756 e. The Balaban J connectivity index is 1.89. The number of benzene rings is 2. The molecule has 0 aromatic heterocycles. The lowest BCUT2D eigenvalue weighted by Crippen LogP contribution is -1.96. The minimum atomic E-state index is 0.322. The predicted octanol–water partition coefficient (Wildman–Crippen LogP) is 5.08. The van der Waals surface area contributed by atoms with E-state index in [-0.39, 0.29) is 0 Å². The minimum absolute atomic E-state index is 0.322. The van der Waals surface area contributed by atoms with Crippen LogP contribution in [0.25, 0.3) is 0 Å². The average Bonchev–Trinajstić information content (AvgIpc) is 2.89. The fourth-order valence-corrected chi connectivity index (χ4v) is 3.03. The van der Waals surface area contributed by atoms with Crippen molar-refractivity contribution in [1.82, 2.24) is 0 Å². The fourth-order valence-electron chi connectivity index (χ4n) is 2.52. The molecule has 0 aliphatic carbocycles. The maximum atomic E-state index is 4.91. The van der Waals surface area contributed by atoms with Gasteiger partial charge in [0.25, 0.3) is 0 Å². The van der Waals surface area contributed by atoms with Crippen molar-refractivity contribution in [2.24, 2.45) is 4.99 Å². The molecule has 1 atom stereocenters. The van der Waals surface area contributed by atoms with Crippen LogP contribution in [0, 0.1) is 6.92 Å². The highest BCUT2D eigenvalue weighted by Crippen LogP contribution is 2.32. The van der Waals surface area contributed by atoms with Crippen LogP contribution >= 0.6 is 15.9 Å². The zero-order valence-electron chi connectivity index (χ0n) is 10.9. The largest absolute Gasteiger partial charge is 0.281 e. The Hall–Kier alpha value is -1.41. The molecule has 0 fully saturated rings. The third-order valence-electron chi connectivity index (χ3n) is 3.61. The first-order chi connectivity index (χ1) is 9.24. The van der Waals surface area contributed by atoms with E-state index >= 15 is 0 Å². The van der Waals surface area contributed by atoms with Gasteiger partial charge in [-0.25, -0.2) is 0 Å². The SMILES string of the molecule is Cc1ccc(C2CCC(c3ccccc3Br)=N2)cc1. The number of halogens is 1. The molecule has 2 heteroatoms. The first kappa shape index (κ1) is 12.6. The molecule has 96 valence electrons. The third-order valence-corrected chi connectivity index (χ3v) is 4.30. The van der Waals surface area contributed by atoms with Gasteiger partial charge in [-0.15, -0.1) is 0 Å². The van der Waals surface area contributed by atoms with Crippen molar-refractivity contribution in [3.8, 4) is 0 Å². The number of nitrogens with zero attached hydrogens (tertiary/aromatic N) is 1. The second-order valence-electron chi connectivity index (χ2n) is 5.02. The lowest BCUT2D eigenvalue weighted by molar-refractivity contribution is 0.723. The molecular weight excluding hydrogens is 298 g/mol. The summed E-state index contributed by atoms with van der Waals surface area (Å²) in [7, 11) is 0. The topological polar surface area (TPSA) is 12.4 Å². The first-order valence-corrected chi connectivity index (χ1v) is 7.41. The highest BCUT2D eigenvalue weighted by molar-refractivity contribution is 9.10. The van der Waals surface area contributed by atoms with Gasteiger partial charge in [0.2, 0.25) is 0 Å². The molecule has 1 unspecified atom stereocenters. The highest BCUT2D eigenvalue weighted by Gasteiger charge is 2.20. The number of aryl methyl sites for hydroxylation is 1. The maximum absolute atomic E-state index is 4.91. The van der Waals surface area contributed by atoms with Crippen LogP contribution in [0.2, 0.25) is 0 Å². The van der Waals surface area contributed by atoms with E-state index in [0.29, 0.717) is 6.04 Å². The molecule has 0 N–H and O–H groups in total. The molecule has 1 aliphatic rings. The molecule has 19 heavy (non-hydrogen) atoms. The van der Waals surface area contributed by atoms with Crippen LogP contribution in [-0.4, -0.2) is 5.71 Å². The van der Waals surface area contributed by atoms with Crippen molar-refractivity contribution < 1.29 is 0 Å². The first-order valence-electron chi connectivity index (χ1n) is 6.62. The number of rotatable bonds is 2. The summed E-state index contributed by atoms with van der Waals surface area (Å²) in [5.41, 5.74) is 5.08. The predicted molar refractivity (Wildman–Crippen MR) is 83.8 cm³/mol. The summed E-state index contributed by atoms with van der Waals surface area (Å²) in [6.45, 7) is 2.12. The van der Waals surface area contributed by atoms with Gasteiger partial charge in [0.05, 0.1) is 6.04 Å². The van der Waals surface area contributed by atoms with Crippen LogP contribution in [0.15, 0.2) is 58.0 Å². The Morgan fingerprint density at radius 2 is 1.79 bits per heavy atom. The van der Waals surface area contributed by atoms with E-state index in [2.05, 4.69) is 65.3 Å². The molecule has 0 radical (unpaired) electrons. The number of hydrogen-bond acceptors (Lipinski definition) is 1. The van der Waals surface area contributed by atoms with Gasteiger partial charge in [-0.1, -0.05) is 64.0 Å². The number of aliphatic imine (C=N–C) groups is 1. The van der Waals surface area contributed by atoms with E-state index in [1.807, 2.05) is 6.07 Å². The van der Waals surface area contributed by atoms with Gasteiger partial charge < -0.3 is 0 Å². The van der Waals surface area contributed by atoms with E-state index in [9.17, 15) is 0 Å². The van der Waals surface area contributed by atoms with E-state index in [1.165, 1.54) is 22.4 Å². The lowest BCUT2D eigenvalue weighted by Gasteiger charge is -2.06. The van der Waals surface area contributed by atoms with Gasteiger partial charge >= 0.3 is 0 Å². The van der Waals surface area contributed by atoms with E-state index < -0.39 is 0 Å². The Labute approximate surface area is 122 Å². The average molecular weight is 314 g/mol. The quantitative estimate of drug-likeness (QED) is 0.733. The smallest absolute Gasteiger partial charge is 0.0756 e. The van der Waals surface area contributed by atoms with Crippen molar-refractivity contribution in [3.63, 3.8) is 0 Å². The van der Waals surface area contributed by atoms with Crippen LogP contribution in [0.4, 0.5) is 0 Å². The summed E-state index contributed by atoms with van der Waals surface area (Å²) in [6.07, 6.45) is 2.17. The van der Waals surface area contributed by atoms with Gasteiger partial charge in [-0.3, -0.25) is 4.99 Å². The molecular formula is C17H16BrN. The number of hydrogen-bond donors (Lipinski definition) is 0. The second kappa shape index (κ2) is 5.30. The van der Waals surface area contributed by atoms with Crippen molar-refractivity contribution in [2.45, 2.75) is 25.8 Å². The Kier molecular flexibility index (Phi) is 3.52. The zero-order valence-corrected chi connectivity index (χ0v) is 12.5. The molecule has 1 heterocycles. The normalized spacial score (nSPS) is 18.4. The summed E-state index contributed by atoms with van der Waals surface area (Å²) in [6, 6.07) is 17.4. The summed E-state index contributed by atoms with van der Waals surface area (Å²) in [5, 5.41) is 0. The monoisotopic (exact) mass is 313 g/mol. The summed E-state index contributed by atoms with van der Waals surface area (Å²) < 4.78 is 1.14. The Morgan fingerprint density at radius 1 is 1.05 bits per heavy atom. The molecule has 0 spiro atoms. The molecule has 1 aliphatic heterocycles. The van der Waals surface area contributed by atoms with Crippen LogP contribution < -0.4 is 0 Å². The summed E-state index contributed by atoms with van der Waals surface area (Å²) in [5.74, 6) is 0. The van der Waals surface area contributed by atoms with Crippen LogP contribution in [0.5, 0.6) is 0 Å². The van der Waals surface area contributed by atoms with Gasteiger partial charge in [0.15, 0.2) is 0 Å². The van der Waals surface area contributed by atoms with Crippen molar-refractivity contribution in [2.75, 3.05) is 0 Å². The van der Waals surface area contributed by atoms with Crippen molar-refractivity contribution >= 4 is 21.6 Å². The van der Waals surface area contributed by atoms with Gasteiger partial charge in [-0.05, 0) is 31.4 Å². The van der Waals surface area contributed by atoms with Gasteiger partial charge in [0.1, 0.15) is 0 Å². The lowest BCUT2D eigenvalue weighted by atomic mass is 10.0. The molecule has 2 aromatic carbocycles. The third kappa shape index (κ3) is 2.64.